The molecule has 0 aliphatic carbocycles. The van der Waals surface area contributed by atoms with Crippen molar-refractivity contribution >= 4 is 17.7 Å². The Kier molecular flexibility index (Phi) is 4.96. The summed E-state index contributed by atoms with van der Waals surface area (Å²) in [6, 6.07) is 6.65. The summed E-state index contributed by atoms with van der Waals surface area (Å²) in [4.78, 5) is 21.8. The van der Waals surface area contributed by atoms with Crippen molar-refractivity contribution < 1.29 is 19.4 Å². The van der Waals surface area contributed by atoms with Crippen LogP contribution in [0.3, 0.4) is 0 Å². The van der Waals surface area contributed by atoms with Gasteiger partial charge in [-0.05, 0) is 17.7 Å². The minimum atomic E-state index is -0.637. The van der Waals surface area contributed by atoms with E-state index in [1.165, 1.54) is 0 Å². The number of aliphatic hydroxyl groups is 1. The van der Waals surface area contributed by atoms with Gasteiger partial charge in [-0.15, -0.1) is 0 Å². The molecule has 2 amide bonds. The van der Waals surface area contributed by atoms with Gasteiger partial charge in [0.15, 0.2) is 0 Å². The highest BCUT2D eigenvalue weighted by Crippen LogP contribution is 2.10. The first-order valence-corrected chi connectivity index (χ1v) is 5.03. The number of carbonyl (C=O) groups is 2. The molecule has 0 fully saturated rings. The highest BCUT2D eigenvalue weighted by molar-refractivity contribution is 5.84. The molecule has 6 nitrogen and oxygen atoms in total. The maximum absolute atomic E-state index is 11.1. The minimum Gasteiger partial charge on any atom is -0.447 e. The zero-order valence-corrected chi connectivity index (χ0v) is 9.18. The molecule has 0 saturated heterocycles. The van der Waals surface area contributed by atoms with Gasteiger partial charge in [-0.3, -0.25) is 10.1 Å². The molecule has 6 heteroatoms. The molecular weight excluding hydrogens is 224 g/mol. The van der Waals surface area contributed by atoms with Crippen molar-refractivity contribution in [3.8, 4) is 0 Å². The van der Waals surface area contributed by atoms with Crippen molar-refractivity contribution in [1.29, 1.82) is 0 Å². The maximum atomic E-state index is 11.1. The van der Waals surface area contributed by atoms with Crippen molar-refractivity contribution in [2.24, 2.45) is 5.73 Å². The van der Waals surface area contributed by atoms with Gasteiger partial charge in [0.05, 0.1) is 13.0 Å². The van der Waals surface area contributed by atoms with Crippen LogP contribution in [0.5, 0.6) is 0 Å². The molecule has 1 rings (SSSR count). The third-order valence-corrected chi connectivity index (χ3v) is 1.90. The van der Waals surface area contributed by atoms with E-state index in [0.717, 1.165) is 5.56 Å². The highest BCUT2D eigenvalue weighted by atomic mass is 16.6. The lowest BCUT2D eigenvalue weighted by Gasteiger charge is -2.06. The number of benzene rings is 1. The molecule has 1 aromatic carbocycles. The van der Waals surface area contributed by atoms with Gasteiger partial charge in [-0.25, -0.2) is 4.79 Å². The summed E-state index contributed by atoms with van der Waals surface area (Å²) in [5.74, 6) is -0.409. The first kappa shape index (κ1) is 13.0. The van der Waals surface area contributed by atoms with E-state index >= 15 is 0 Å². The van der Waals surface area contributed by atoms with Crippen LogP contribution in [0, 0.1) is 0 Å². The first-order chi connectivity index (χ1) is 8.11. The van der Waals surface area contributed by atoms with Crippen LogP contribution in [0.15, 0.2) is 24.3 Å². The minimum absolute atomic E-state index is 0.0500. The van der Waals surface area contributed by atoms with Gasteiger partial charge >= 0.3 is 6.09 Å². The second-order valence-electron chi connectivity index (χ2n) is 3.32. The monoisotopic (exact) mass is 238 g/mol. The van der Waals surface area contributed by atoms with Gasteiger partial charge in [0.1, 0.15) is 6.61 Å². The van der Waals surface area contributed by atoms with E-state index in [2.05, 4.69) is 10.1 Å². The number of nitrogens with one attached hydrogen (secondary N) is 1. The molecule has 0 aliphatic heterocycles. The predicted octanol–water partition coefficient (Wildman–Crippen LogP) is 0.255. The molecule has 92 valence electrons. The third-order valence-electron chi connectivity index (χ3n) is 1.90. The van der Waals surface area contributed by atoms with E-state index in [0.29, 0.717) is 5.69 Å². The fourth-order valence-corrected chi connectivity index (χ4v) is 1.20. The molecule has 17 heavy (non-hydrogen) atoms. The number of amides is 2. The number of ether oxygens (including phenoxy) is 1. The summed E-state index contributed by atoms with van der Waals surface area (Å²) in [5, 5.41) is 10.9. The van der Waals surface area contributed by atoms with Crippen LogP contribution in [0.2, 0.25) is 0 Å². The molecular formula is C11H14N2O4. The third kappa shape index (κ3) is 4.98. The summed E-state index contributed by atoms with van der Waals surface area (Å²) in [7, 11) is 0. The first-order valence-electron chi connectivity index (χ1n) is 5.03. The lowest BCUT2D eigenvalue weighted by molar-refractivity contribution is -0.117. The molecule has 0 heterocycles. The zero-order valence-electron chi connectivity index (χ0n) is 9.18. The van der Waals surface area contributed by atoms with Gasteiger partial charge in [0.25, 0.3) is 0 Å². The van der Waals surface area contributed by atoms with Crippen molar-refractivity contribution in [3.63, 3.8) is 0 Å². The van der Waals surface area contributed by atoms with Crippen molar-refractivity contribution in [3.05, 3.63) is 29.8 Å². The van der Waals surface area contributed by atoms with E-state index in [-0.39, 0.29) is 19.6 Å². The van der Waals surface area contributed by atoms with Gasteiger partial charge in [0.2, 0.25) is 5.91 Å². The molecule has 0 saturated carbocycles. The van der Waals surface area contributed by atoms with Crippen LogP contribution >= 0.6 is 0 Å². The molecule has 4 N–H and O–H groups in total. The lowest BCUT2D eigenvalue weighted by Crippen LogP contribution is -2.16. The average Bonchev–Trinajstić information content (AvgIpc) is 2.28. The van der Waals surface area contributed by atoms with Crippen LogP contribution in [-0.2, 0) is 16.0 Å². The number of nitrogens with two attached hydrogens (primary N) is 1. The summed E-state index contributed by atoms with van der Waals surface area (Å²) in [5.41, 5.74) is 6.36. The van der Waals surface area contributed by atoms with E-state index in [1.54, 1.807) is 24.3 Å². The van der Waals surface area contributed by atoms with Crippen LogP contribution < -0.4 is 11.1 Å². The molecule has 0 bridgehead atoms. The Hall–Kier alpha value is -2.08. The van der Waals surface area contributed by atoms with Crippen LogP contribution in [-0.4, -0.2) is 30.3 Å². The molecule has 0 aliphatic rings. The summed E-state index contributed by atoms with van der Waals surface area (Å²) in [6.07, 6.45) is -0.475. The Morgan fingerprint density at radius 2 is 1.94 bits per heavy atom. The Labute approximate surface area is 98.4 Å². The van der Waals surface area contributed by atoms with Gasteiger partial charge in [0, 0.05) is 5.69 Å². The molecule has 0 spiro atoms. The van der Waals surface area contributed by atoms with E-state index in [1.807, 2.05) is 0 Å². The molecule has 0 aromatic heterocycles. The van der Waals surface area contributed by atoms with Crippen molar-refractivity contribution in [2.45, 2.75) is 6.42 Å². The Morgan fingerprint density at radius 3 is 2.47 bits per heavy atom. The number of hydrogen-bond donors (Lipinski definition) is 3. The van der Waals surface area contributed by atoms with Gasteiger partial charge < -0.3 is 15.6 Å². The lowest BCUT2D eigenvalue weighted by atomic mass is 10.1. The fraction of sp³-hybridized carbons (Fsp3) is 0.273. The van der Waals surface area contributed by atoms with Crippen molar-refractivity contribution in [1.82, 2.24) is 0 Å². The van der Waals surface area contributed by atoms with E-state index < -0.39 is 12.0 Å². The zero-order chi connectivity index (χ0) is 12.7. The summed E-state index contributed by atoms with van der Waals surface area (Å²) >= 11 is 0. The standard InChI is InChI=1S/C11H14N2O4/c12-10(15)7-8-1-3-9(4-2-8)13-11(16)17-6-5-14/h1-4,14H,5-7H2,(H2,12,15)(H,13,16). The molecule has 1 aromatic rings. The SMILES string of the molecule is NC(=O)Cc1ccc(NC(=O)OCCO)cc1. The Balaban J connectivity index is 2.50. The molecule has 0 atom stereocenters. The van der Waals surface area contributed by atoms with Gasteiger partial charge in [-0.2, -0.15) is 0 Å². The Morgan fingerprint density at radius 1 is 1.29 bits per heavy atom. The number of primary amides is 1. The quantitative estimate of drug-likeness (QED) is 0.684. The number of anilines is 1. The van der Waals surface area contributed by atoms with Crippen LogP contribution in [0.4, 0.5) is 10.5 Å². The summed E-state index contributed by atoms with van der Waals surface area (Å²) in [6.45, 7) is -0.267. The van der Waals surface area contributed by atoms with E-state index in [9.17, 15) is 9.59 Å². The second-order valence-corrected chi connectivity index (χ2v) is 3.32. The van der Waals surface area contributed by atoms with Gasteiger partial charge in [-0.1, -0.05) is 12.1 Å². The summed E-state index contributed by atoms with van der Waals surface area (Å²) < 4.78 is 4.62. The number of hydrogen-bond acceptors (Lipinski definition) is 4. The maximum Gasteiger partial charge on any atom is 0.411 e. The Bertz CT molecular complexity index is 389. The number of rotatable bonds is 5. The average molecular weight is 238 g/mol. The normalized spacial score (nSPS) is 9.71. The topological polar surface area (TPSA) is 102 Å². The largest absolute Gasteiger partial charge is 0.447 e. The number of aliphatic hydroxyl groups excluding tert-OH is 1. The highest BCUT2D eigenvalue weighted by Gasteiger charge is 2.03. The van der Waals surface area contributed by atoms with Crippen molar-refractivity contribution in [2.75, 3.05) is 18.5 Å². The van der Waals surface area contributed by atoms with E-state index in [4.69, 9.17) is 10.8 Å². The second kappa shape index (κ2) is 6.49. The molecule has 0 radical (unpaired) electrons. The molecule has 0 unspecified atom stereocenters. The van der Waals surface area contributed by atoms with Crippen LogP contribution in [0.1, 0.15) is 5.56 Å². The predicted molar refractivity (Wildman–Crippen MR) is 61.4 cm³/mol. The van der Waals surface area contributed by atoms with Crippen LogP contribution in [0.25, 0.3) is 0 Å². The number of carbonyl (C=O) groups excluding carboxylic acids is 2. The fourth-order valence-electron chi connectivity index (χ4n) is 1.20. The smallest absolute Gasteiger partial charge is 0.411 e.